The van der Waals surface area contributed by atoms with E-state index < -0.39 is 0 Å². The van der Waals surface area contributed by atoms with Gasteiger partial charge >= 0.3 is 0 Å². The maximum atomic E-state index is 10.8. The van der Waals surface area contributed by atoms with Gasteiger partial charge in [0.15, 0.2) is 0 Å². The van der Waals surface area contributed by atoms with Crippen LogP contribution in [-0.4, -0.2) is 23.4 Å². The molecule has 18 heavy (non-hydrogen) atoms. The van der Waals surface area contributed by atoms with Gasteiger partial charge in [-0.05, 0) is 24.3 Å². The SMILES string of the molecule is COc1ccc(C=O)cc1CSc1ccncn1. The number of methoxy groups -OCH3 is 1. The number of rotatable bonds is 5. The molecule has 0 saturated carbocycles. The number of nitrogens with zero attached hydrogens (tertiary/aromatic N) is 2. The zero-order chi connectivity index (χ0) is 12.8. The van der Waals surface area contributed by atoms with Crippen LogP contribution in [0.15, 0.2) is 41.8 Å². The summed E-state index contributed by atoms with van der Waals surface area (Å²) in [5, 5.41) is 0.892. The number of carbonyl (C=O) groups excluding carboxylic acids is 1. The molecule has 2 aromatic rings. The summed E-state index contributed by atoms with van der Waals surface area (Å²) in [6.45, 7) is 0. The normalized spacial score (nSPS) is 10.1. The lowest BCUT2D eigenvalue weighted by molar-refractivity contribution is 0.112. The lowest BCUT2D eigenvalue weighted by Crippen LogP contribution is -1.93. The lowest BCUT2D eigenvalue weighted by Gasteiger charge is -2.08. The van der Waals surface area contributed by atoms with E-state index in [9.17, 15) is 4.79 Å². The maximum Gasteiger partial charge on any atom is 0.150 e. The molecule has 0 radical (unpaired) electrons. The van der Waals surface area contributed by atoms with Crippen LogP contribution in [0.2, 0.25) is 0 Å². The molecule has 4 nitrogen and oxygen atoms in total. The van der Waals surface area contributed by atoms with Crippen LogP contribution in [0.3, 0.4) is 0 Å². The third kappa shape index (κ3) is 3.07. The third-order valence-corrected chi connectivity index (χ3v) is 3.36. The Balaban J connectivity index is 2.15. The molecule has 92 valence electrons. The van der Waals surface area contributed by atoms with Gasteiger partial charge in [0.05, 0.1) is 12.1 Å². The molecule has 0 N–H and O–H groups in total. The highest BCUT2D eigenvalue weighted by Crippen LogP contribution is 2.27. The number of aromatic nitrogens is 2. The molecule has 0 atom stereocenters. The molecule has 1 heterocycles. The first-order chi connectivity index (χ1) is 8.83. The monoisotopic (exact) mass is 260 g/mol. The summed E-state index contributed by atoms with van der Waals surface area (Å²) < 4.78 is 5.27. The van der Waals surface area contributed by atoms with Crippen molar-refractivity contribution < 1.29 is 9.53 Å². The zero-order valence-corrected chi connectivity index (χ0v) is 10.7. The van der Waals surface area contributed by atoms with Crippen LogP contribution >= 0.6 is 11.8 Å². The minimum atomic E-state index is 0.647. The third-order valence-electron chi connectivity index (χ3n) is 2.37. The van der Waals surface area contributed by atoms with Crippen molar-refractivity contribution in [2.75, 3.05) is 7.11 Å². The average Bonchev–Trinajstić information content (AvgIpc) is 2.45. The van der Waals surface area contributed by atoms with Gasteiger partial charge in [0.2, 0.25) is 0 Å². The highest BCUT2D eigenvalue weighted by atomic mass is 32.2. The Hall–Kier alpha value is -1.88. The minimum Gasteiger partial charge on any atom is -0.496 e. The van der Waals surface area contributed by atoms with Crippen LogP contribution in [0.5, 0.6) is 5.75 Å². The lowest BCUT2D eigenvalue weighted by atomic mass is 10.1. The molecular weight excluding hydrogens is 248 g/mol. The summed E-state index contributed by atoms with van der Waals surface area (Å²) >= 11 is 1.58. The number of thioether (sulfide) groups is 1. The predicted molar refractivity (Wildman–Crippen MR) is 70.0 cm³/mol. The van der Waals surface area contributed by atoms with Gasteiger partial charge in [-0.25, -0.2) is 9.97 Å². The number of ether oxygens (including phenoxy) is 1. The van der Waals surface area contributed by atoms with E-state index in [1.54, 1.807) is 37.2 Å². The summed E-state index contributed by atoms with van der Waals surface area (Å²) in [4.78, 5) is 18.8. The zero-order valence-electron chi connectivity index (χ0n) is 9.87. The first-order valence-electron chi connectivity index (χ1n) is 5.34. The van der Waals surface area contributed by atoms with E-state index in [4.69, 9.17) is 4.74 Å². The van der Waals surface area contributed by atoms with Crippen LogP contribution in [0, 0.1) is 0 Å². The minimum absolute atomic E-state index is 0.647. The Kier molecular flexibility index (Phi) is 4.30. The highest BCUT2D eigenvalue weighted by Gasteiger charge is 2.05. The van der Waals surface area contributed by atoms with Crippen molar-refractivity contribution in [3.05, 3.63) is 47.9 Å². The number of benzene rings is 1. The summed E-state index contributed by atoms with van der Waals surface area (Å²) in [5.41, 5.74) is 1.62. The molecule has 0 aliphatic carbocycles. The van der Waals surface area contributed by atoms with Gasteiger partial charge in [-0.15, -0.1) is 11.8 Å². The van der Waals surface area contributed by atoms with E-state index in [0.29, 0.717) is 11.3 Å². The number of hydrogen-bond donors (Lipinski definition) is 0. The molecule has 1 aromatic heterocycles. The van der Waals surface area contributed by atoms with Crippen molar-refractivity contribution in [1.82, 2.24) is 9.97 Å². The Morgan fingerprint density at radius 2 is 2.28 bits per heavy atom. The van der Waals surface area contributed by atoms with E-state index in [-0.39, 0.29) is 0 Å². The van der Waals surface area contributed by atoms with E-state index >= 15 is 0 Å². The second-order valence-electron chi connectivity index (χ2n) is 3.53. The Morgan fingerprint density at radius 3 is 2.94 bits per heavy atom. The van der Waals surface area contributed by atoms with Gasteiger partial charge in [0, 0.05) is 23.1 Å². The second kappa shape index (κ2) is 6.16. The Labute approximate surface area is 109 Å². The average molecular weight is 260 g/mol. The molecule has 2 rings (SSSR count). The molecule has 0 aliphatic rings. The second-order valence-corrected chi connectivity index (χ2v) is 4.52. The van der Waals surface area contributed by atoms with Gasteiger partial charge in [-0.1, -0.05) is 0 Å². The summed E-state index contributed by atoms with van der Waals surface area (Å²) in [5.74, 6) is 1.48. The summed E-state index contributed by atoms with van der Waals surface area (Å²) in [6.07, 6.45) is 4.05. The van der Waals surface area contributed by atoms with Gasteiger partial charge in [-0.3, -0.25) is 4.79 Å². The predicted octanol–water partition coefficient (Wildman–Crippen LogP) is 2.59. The standard InChI is InChI=1S/C13H12N2O2S/c1-17-12-3-2-10(7-16)6-11(12)8-18-13-4-5-14-9-15-13/h2-7,9H,8H2,1H3. The topological polar surface area (TPSA) is 52.1 Å². The van der Waals surface area contributed by atoms with E-state index in [2.05, 4.69) is 9.97 Å². The maximum absolute atomic E-state index is 10.8. The molecule has 0 unspecified atom stereocenters. The van der Waals surface area contributed by atoms with Gasteiger partial charge < -0.3 is 4.74 Å². The number of hydrogen-bond acceptors (Lipinski definition) is 5. The van der Waals surface area contributed by atoms with E-state index in [1.807, 2.05) is 12.1 Å². The van der Waals surface area contributed by atoms with Crippen molar-refractivity contribution in [3.63, 3.8) is 0 Å². The van der Waals surface area contributed by atoms with Crippen molar-refractivity contribution in [3.8, 4) is 5.75 Å². The van der Waals surface area contributed by atoms with Gasteiger partial charge in [-0.2, -0.15) is 0 Å². The van der Waals surface area contributed by atoms with Crippen LogP contribution in [0.1, 0.15) is 15.9 Å². The molecule has 0 aliphatic heterocycles. The Bertz CT molecular complexity index is 532. The first-order valence-corrected chi connectivity index (χ1v) is 6.33. The van der Waals surface area contributed by atoms with Crippen molar-refractivity contribution in [2.24, 2.45) is 0 Å². The Morgan fingerprint density at radius 1 is 1.39 bits per heavy atom. The van der Waals surface area contributed by atoms with Gasteiger partial charge in [0.25, 0.3) is 0 Å². The smallest absolute Gasteiger partial charge is 0.150 e. The fraction of sp³-hybridized carbons (Fsp3) is 0.154. The highest BCUT2D eigenvalue weighted by molar-refractivity contribution is 7.98. The van der Waals surface area contributed by atoms with Crippen LogP contribution < -0.4 is 4.74 Å². The number of aldehydes is 1. The van der Waals surface area contributed by atoms with E-state index in [1.165, 1.54) is 6.33 Å². The van der Waals surface area contributed by atoms with Crippen molar-refractivity contribution in [2.45, 2.75) is 10.8 Å². The van der Waals surface area contributed by atoms with Gasteiger partial charge in [0.1, 0.15) is 18.4 Å². The molecule has 1 aromatic carbocycles. The molecule has 0 spiro atoms. The van der Waals surface area contributed by atoms with Crippen molar-refractivity contribution in [1.29, 1.82) is 0 Å². The quantitative estimate of drug-likeness (QED) is 0.470. The fourth-order valence-corrected chi connectivity index (χ4v) is 2.31. The molecule has 0 bridgehead atoms. The van der Waals surface area contributed by atoms with Crippen molar-refractivity contribution >= 4 is 18.0 Å². The molecule has 0 amide bonds. The summed E-state index contributed by atoms with van der Waals surface area (Å²) in [7, 11) is 1.62. The van der Waals surface area contributed by atoms with E-state index in [0.717, 1.165) is 22.6 Å². The number of carbonyl (C=O) groups is 1. The van der Waals surface area contributed by atoms with Crippen LogP contribution in [0.4, 0.5) is 0 Å². The van der Waals surface area contributed by atoms with Crippen LogP contribution in [0.25, 0.3) is 0 Å². The van der Waals surface area contributed by atoms with Crippen LogP contribution in [-0.2, 0) is 5.75 Å². The fourth-order valence-electron chi connectivity index (χ4n) is 1.50. The molecular formula is C13H12N2O2S. The largest absolute Gasteiger partial charge is 0.496 e. The first kappa shape index (κ1) is 12.6. The molecule has 5 heteroatoms. The molecule has 0 fully saturated rings. The summed E-state index contributed by atoms with van der Waals surface area (Å²) in [6, 6.07) is 7.23. The molecule has 0 saturated heterocycles.